The third-order valence-electron chi connectivity index (χ3n) is 3.54. The van der Waals surface area contributed by atoms with Crippen LogP contribution in [0, 0.1) is 0 Å². The average Bonchev–Trinajstić information content (AvgIpc) is 2.35. The summed E-state index contributed by atoms with van der Waals surface area (Å²) in [7, 11) is 0. The highest BCUT2D eigenvalue weighted by Gasteiger charge is 2.34. The monoisotopic (exact) mass is 312 g/mol. The summed E-state index contributed by atoms with van der Waals surface area (Å²) < 4.78 is 5.96. The molecule has 4 nitrogen and oxygen atoms in total. The molecule has 0 fully saturated rings. The molecule has 5 heteroatoms. The zero-order valence-corrected chi connectivity index (χ0v) is 13.7. The van der Waals surface area contributed by atoms with Crippen molar-refractivity contribution in [1.29, 1.82) is 0 Å². The van der Waals surface area contributed by atoms with E-state index in [1.54, 1.807) is 0 Å². The van der Waals surface area contributed by atoms with Crippen molar-refractivity contribution in [3.05, 3.63) is 29.8 Å². The van der Waals surface area contributed by atoms with Crippen LogP contribution in [0.15, 0.2) is 24.3 Å². The molecule has 2 unspecified atom stereocenters. The highest BCUT2D eigenvalue weighted by atomic mass is 35.5. The van der Waals surface area contributed by atoms with Crippen LogP contribution in [0.2, 0.25) is 0 Å². The molecule has 1 aliphatic rings. The maximum atomic E-state index is 12.0. The number of hydrogen-bond donors (Lipinski definition) is 2. The van der Waals surface area contributed by atoms with Crippen LogP contribution in [0.5, 0.6) is 5.75 Å². The lowest BCUT2D eigenvalue weighted by Crippen LogP contribution is -2.41. The Morgan fingerprint density at radius 3 is 2.81 bits per heavy atom. The lowest BCUT2D eigenvalue weighted by Gasteiger charge is -2.37. The van der Waals surface area contributed by atoms with E-state index in [0.717, 1.165) is 17.7 Å². The highest BCUT2D eigenvalue weighted by Crippen LogP contribution is 2.39. The van der Waals surface area contributed by atoms with Crippen LogP contribution in [0.25, 0.3) is 0 Å². The maximum absolute atomic E-state index is 12.0. The second kappa shape index (κ2) is 7.14. The van der Waals surface area contributed by atoms with E-state index in [2.05, 4.69) is 5.32 Å². The summed E-state index contributed by atoms with van der Waals surface area (Å²) in [6.07, 6.45) is 1.95. The molecule has 0 saturated heterocycles. The number of fused-ring (bicyclic) bond motifs is 1. The van der Waals surface area contributed by atoms with E-state index >= 15 is 0 Å². The van der Waals surface area contributed by atoms with E-state index < -0.39 is 0 Å². The number of carbonyl (C=O) groups excluding carboxylic acids is 1. The molecule has 0 aromatic heterocycles. The number of nitrogens with two attached hydrogens (primary N) is 1. The molecule has 0 saturated carbocycles. The van der Waals surface area contributed by atoms with Gasteiger partial charge < -0.3 is 15.8 Å². The van der Waals surface area contributed by atoms with Gasteiger partial charge in [-0.05, 0) is 33.3 Å². The second-order valence-corrected chi connectivity index (χ2v) is 6.24. The number of para-hydroxylation sites is 1. The number of ether oxygens (including phenoxy) is 1. The number of rotatable bonds is 4. The molecular weight excluding hydrogens is 288 g/mol. The van der Waals surface area contributed by atoms with Crippen LogP contribution < -0.4 is 15.8 Å². The first-order valence-corrected chi connectivity index (χ1v) is 7.20. The Hall–Kier alpha value is -1.26. The van der Waals surface area contributed by atoms with Gasteiger partial charge in [0, 0.05) is 24.4 Å². The molecule has 118 valence electrons. The number of benzene rings is 1. The molecule has 21 heavy (non-hydrogen) atoms. The van der Waals surface area contributed by atoms with Crippen LogP contribution in [0.3, 0.4) is 0 Å². The lowest BCUT2D eigenvalue weighted by atomic mass is 9.89. The second-order valence-electron chi connectivity index (χ2n) is 6.24. The van der Waals surface area contributed by atoms with Crippen molar-refractivity contribution in [3.8, 4) is 5.75 Å². The molecule has 0 aliphatic carbocycles. The maximum Gasteiger partial charge on any atom is 0.220 e. The molecule has 0 bridgehead atoms. The Bertz CT molecular complexity index is 489. The molecule has 1 heterocycles. The number of hydrogen-bond acceptors (Lipinski definition) is 3. The Labute approximate surface area is 132 Å². The SMILES string of the molecule is CC(N)CCC(=O)NC1CC(C)(C)Oc2ccccc21.Cl. The van der Waals surface area contributed by atoms with E-state index in [1.165, 1.54) is 0 Å². The van der Waals surface area contributed by atoms with Gasteiger partial charge in [-0.1, -0.05) is 18.2 Å². The van der Waals surface area contributed by atoms with Crippen molar-refractivity contribution in [2.24, 2.45) is 5.73 Å². The zero-order chi connectivity index (χ0) is 14.8. The Morgan fingerprint density at radius 2 is 2.14 bits per heavy atom. The molecule has 2 atom stereocenters. The average molecular weight is 313 g/mol. The fraction of sp³-hybridized carbons (Fsp3) is 0.562. The van der Waals surface area contributed by atoms with E-state index in [9.17, 15) is 4.79 Å². The van der Waals surface area contributed by atoms with Crippen molar-refractivity contribution in [3.63, 3.8) is 0 Å². The van der Waals surface area contributed by atoms with E-state index in [-0.39, 0.29) is 36.0 Å². The van der Waals surface area contributed by atoms with Gasteiger partial charge >= 0.3 is 0 Å². The molecule has 0 spiro atoms. The third kappa shape index (κ3) is 4.90. The van der Waals surface area contributed by atoms with Crippen LogP contribution in [-0.2, 0) is 4.79 Å². The fourth-order valence-corrected chi connectivity index (χ4v) is 2.56. The minimum atomic E-state index is -0.270. The van der Waals surface area contributed by atoms with Gasteiger partial charge in [-0.2, -0.15) is 0 Å². The normalized spacial score (nSPS) is 20.5. The van der Waals surface area contributed by atoms with Gasteiger partial charge in [0.1, 0.15) is 11.4 Å². The first kappa shape index (κ1) is 17.8. The van der Waals surface area contributed by atoms with E-state index in [1.807, 2.05) is 45.0 Å². The van der Waals surface area contributed by atoms with Gasteiger partial charge in [0.05, 0.1) is 6.04 Å². The fourth-order valence-electron chi connectivity index (χ4n) is 2.56. The Kier molecular flexibility index (Phi) is 6.05. The third-order valence-corrected chi connectivity index (χ3v) is 3.54. The molecular formula is C16H25ClN2O2. The topological polar surface area (TPSA) is 64.4 Å². The zero-order valence-electron chi connectivity index (χ0n) is 12.9. The molecule has 1 aromatic rings. The first-order chi connectivity index (χ1) is 9.37. The van der Waals surface area contributed by atoms with Gasteiger partial charge in [0.2, 0.25) is 5.91 Å². The summed E-state index contributed by atoms with van der Waals surface area (Å²) in [6.45, 7) is 6.01. The standard InChI is InChI=1S/C16H24N2O2.ClH/c1-11(17)8-9-15(19)18-13-10-16(2,3)20-14-7-5-4-6-12(13)14;/h4-7,11,13H,8-10,17H2,1-3H3,(H,18,19);1H. The van der Waals surface area contributed by atoms with Gasteiger partial charge in [0.15, 0.2) is 0 Å². The largest absolute Gasteiger partial charge is 0.487 e. The predicted molar refractivity (Wildman–Crippen MR) is 86.8 cm³/mol. The molecule has 2 rings (SSSR count). The van der Waals surface area contributed by atoms with Gasteiger partial charge in [0.25, 0.3) is 0 Å². The summed E-state index contributed by atoms with van der Waals surface area (Å²) in [5.74, 6) is 0.918. The smallest absolute Gasteiger partial charge is 0.220 e. The highest BCUT2D eigenvalue weighted by molar-refractivity contribution is 5.85. The molecule has 0 radical (unpaired) electrons. The van der Waals surface area contributed by atoms with Crippen molar-refractivity contribution < 1.29 is 9.53 Å². The van der Waals surface area contributed by atoms with Crippen molar-refractivity contribution in [2.75, 3.05) is 0 Å². The summed E-state index contributed by atoms with van der Waals surface area (Å²) in [5, 5.41) is 3.11. The van der Waals surface area contributed by atoms with Crippen LogP contribution in [0.1, 0.15) is 51.6 Å². The number of halogens is 1. The summed E-state index contributed by atoms with van der Waals surface area (Å²) in [6, 6.07) is 7.96. The molecule has 1 aromatic carbocycles. The van der Waals surface area contributed by atoms with Crippen LogP contribution in [0.4, 0.5) is 0 Å². The Morgan fingerprint density at radius 1 is 1.48 bits per heavy atom. The van der Waals surface area contributed by atoms with Crippen LogP contribution in [-0.4, -0.2) is 17.6 Å². The minimum absolute atomic E-state index is 0. The first-order valence-electron chi connectivity index (χ1n) is 7.20. The molecule has 3 N–H and O–H groups in total. The summed E-state index contributed by atoms with van der Waals surface area (Å²) >= 11 is 0. The molecule has 1 amide bonds. The summed E-state index contributed by atoms with van der Waals surface area (Å²) in [4.78, 5) is 12.0. The lowest BCUT2D eigenvalue weighted by molar-refractivity contribution is -0.122. The van der Waals surface area contributed by atoms with Gasteiger partial charge in [-0.3, -0.25) is 4.79 Å². The van der Waals surface area contributed by atoms with Crippen molar-refractivity contribution >= 4 is 18.3 Å². The predicted octanol–water partition coefficient (Wildman–Crippen LogP) is 2.95. The van der Waals surface area contributed by atoms with Crippen LogP contribution >= 0.6 is 12.4 Å². The number of nitrogens with one attached hydrogen (secondary N) is 1. The van der Waals surface area contributed by atoms with E-state index in [4.69, 9.17) is 10.5 Å². The van der Waals surface area contributed by atoms with Crippen molar-refractivity contribution in [2.45, 2.75) is 57.7 Å². The quantitative estimate of drug-likeness (QED) is 0.898. The Balaban J connectivity index is 0.00000220. The van der Waals surface area contributed by atoms with Gasteiger partial charge in [-0.15, -0.1) is 12.4 Å². The minimum Gasteiger partial charge on any atom is -0.487 e. The summed E-state index contributed by atoms with van der Waals surface area (Å²) in [5.41, 5.74) is 6.48. The van der Waals surface area contributed by atoms with Gasteiger partial charge in [-0.25, -0.2) is 0 Å². The molecule has 1 aliphatic heterocycles. The number of carbonyl (C=O) groups is 1. The van der Waals surface area contributed by atoms with E-state index in [0.29, 0.717) is 12.8 Å². The van der Waals surface area contributed by atoms with Crippen molar-refractivity contribution in [1.82, 2.24) is 5.32 Å². The number of amides is 1.